The predicted molar refractivity (Wildman–Crippen MR) is 52.2 cm³/mol. The van der Waals surface area contributed by atoms with Crippen LogP contribution in [0.2, 0.25) is 0 Å². The Morgan fingerprint density at radius 2 is 2.38 bits per heavy atom. The van der Waals surface area contributed by atoms with E-state index in [-0.39, 0.29) is 0 Å². The van der Waals surface area contributed by atoms with Crippen LogP contribution >= 0.6 is 0 Å². The maximum atomic E-state index is 4.04. The molecule has 1 aromatic rings. The summed E-state index contributed by atoms with van der Waals surface area (Å²) < 4.78 is 0. The van der Waals surface area contributed by atoms with Gasteiger partial charge in [0, 0.05) is 5.22 Å². The lowest BCUT2D eigenvalue weighted by atomic mass is 9.95. The zero-order valence-corrected chi connectivity index (χ0v) is 7.46. The number of allylic oxidation sites excluding steroid dienone is 4. The van der Waals surface area contributed by atoms with Crippen LogP contribution in [-0.4, -0.2) is 10.2 Å². The smallest absolute Gasteiger partial charge is 0.0659 e. The minimum atomic E-state index is 1.04. The van der Waals surface area contributed by atoms with Crippen molar-refractivity contribution < 1.29 is 0 Å². The Bertz CT molecular complexity index is 541. The number of hydrogen-bond acceptors (Lipinski definition) is 1. The summed E-state index contributed by atoms with van der Waals surface area (Å²) in [5.41, 5.74) is 4.15. The van der Waals surface area contributed by atoms with E-state index in [4.69, 9.17) is 0 Å². The Hall–Kier alpha value is -1.57. The van der Waals surface area contributed by atoms with Crippen LogP contribution in [0.15, 0.2) is 29.5 Å². The first-order chi connectivity index (χ1) is 6.36. The fourth-order valence-corrected chi connectivity index (χ4v) is 2.04. The predicted octanol–water partition coefficient (Wildman–Crippen LogP) is 0.631. The summed E-state index contributed by atoms with van der Waals surface area (Å²) >= 11 is 0. The van der Waals surface area contributed by atoms with E-state index in [9.17, 15) is 0 Å². The molecule has 1 N–H and O–H groups in total. The molecule has 0 saturated carbocycles. The number of H-pyrrole nitrogens is 1. The number of aromatic nitrogens is 2. The average molecular weight is 170 g/mol. The van der Waals surface area contributed by atoms with E-state index >= 15 is 0 Å². The van der Waals surface area contributed by atoms with Crippen molar-refractivity contribution in [3.8, 4) is 0 Å². The third-order valence-corrected chi connectivity index (χ3v) is 2.72. The van der Waals surface area contributed by atoms with Gasteiger partial charge in [0.05, 0.1) is 11.5 Å². The van der Waals surface area contributed by atoms with Crippen LogP contribution in [0.25, 0.3) is 11.6 Å². The summed E-state index contributed by atoms with van der Waals surface area (Å²) in [6.07, 6.45) is 9.55. The Kier molecular flexibility index (Phi) is 1.18. The lowest BCUT2D eigenvalue weighted by Crippen LogP contribution is -2.19. The Labute approximate surface area is 76.0 Å². The molecule has 0 amide bonds. The van der Waals surface area contributed by atoms with Gasteiger partial charge >= 0.3 is 0 Å². The highest BCUT2D eigenvalue weighted by atomic mass is 15.1. The van der Waals surface area contributed by atoms with Gasteiger partial charge in [-0.05, 0) is 36.1 Å². The third kappa shape index (κ3) is 0.800. The zero-order valence-electron chi connectivity index (χ0n) is 7.46. The van der Waals surface area contributed by atoms with Crippen LogP contribution in [0.5, 0.6) is 0 Å². The Morgan fingerprint density at radius 3 is 3.31 bits per heavy atom. The largest absolute Gasteiger partial charge is 0.278 e. The van der Waals surface area contributed by atoms with E-state index < -0.39 is 0 Å². The van der Waals surface area contributed by atoms with E-state index in [1.807, 2.05) is 6.20 Å². The fraction of sp³-hybridized carbons (Fsp3) is 0.182. The highest BCUT2D eigenvalue weighted by molar-refractivity contribution is 5.84. The van der Waals surface area contributed by atoms with Gasteiger partial charge in [-0.15, -0.1) is 0 Å². The number of hydrogen-bond donors (Lipinski definition) is 1. The van der Waals surface area contributed by atoms with Gasteiger partial charge in [0.1, 0.15) is 0 Å². The van der Waals surface area contributed by atoms with Crippen molar-refractivity contribution >= 4 is 11.6 Å². The molecule has 2 aliphatic carbocycles. The summed E-state index contributed by atoms with van der Waals surface area (Å²) in [6.45, 7) is 2.15. The Morgan fingerprint density at radius 1 is 1.46 bits per heavy atom. The lowest BCUT2D eigenvalue weighted by Gasteiger charge is -2.09. The highest BCUT2D eigenvalue weighted by Gasteiger charge is 2.15. The molecule has 0 saturated heterocycles. The molecule has 2 heteroatoms. The van der Waals surface area contributed by atoms with Crippen molar-refractivity contribution in [3.05, 3.63) is 40.1 Å². The monoisotopic (exact) mass is 170 g/mol. The summed E-state index contributed by atoms with van der Waals surface area (Å²) in [6, 6.07) is 0. The van der Waals surface area contributed by atoms with E-state index in [1.54, 1.807) is 0 Å². The molecule has 0 atom stereocenters. The standard InChI is InChI=1S/C11H10N2/c1-7-3-2-4-8-9(7)5-11-10(8)6-12-13-11/h2-3,5-6,13H,4H2,1H3. The Balaban J connectivity index is 2.46. The summed E-state index contributed by atoms with van der Waals surface area (Å²) in [4.78, 5) is 0. The van der Waals surface area contributed by atoms with E-state index in [2.05, 4.69) is 35.3 Å². The van der Waals surface area contributed by atoms with E-state index in [0.717, 1.165) is 11.8 Å². The maximum absolute atomic E-state index is 4.04. The molecule has 64 valence electrons. The van der Waals surface area contributed by atoms with Crippen molar-refractivity contribution in [1.29, 1.82) is 0 Å². The second-order valence-electron chi connectivity index (χ2n) is 3.52. The van der Waals surface area contributed by atoms with Crippen LogP contribution in [0.4, 0.5) is 0 Å². The first kappa shape index (κ1) is 6.89. The van der Waals surface area contributed by atoms with Gasteiger partial charge in [0.25, 0.3) is 0 Å². The molecule has 1 heterocycles. The van der Waals surface area contributed by atoms with Crippen LogP contribution in [0, 0.1) is 0 Å². The minimum Gasteiger partial charge on any atom is -0.278 e. The zero-order chi connectivity index (χ0) is 8.84. The molecule has 0 spiro atoms. The minimum absolute atomic E-state index is 1.04. The normalized spacial score (nSPS) is 18.7. The van der Waals surface area contributed by atoms with Crippen LogP contribution < -0.4 is 10.6 Å². The molecule has 0 aliphatic heterocycles. The molecule has 0 radical (unpaired) electrons. The quantitative estimate of drug-likeness (QED) is 0.608. The molecule has 0 bridgehead atoms. The molecular formula is C11H10N2. The number of nitrogens with zero attached hydrogens (tertiary/aromatic N) is 1. The van der Waals surface area contributed by atoms with Crippen LogP contribution in [0.1, 0.15) is 13.3 Å². The molecule has 1 aromatic heterocycles. The van der Waals surface area contributed by atoms with Crippen molar-refractivity contribution in [2.24, 2.45) is 0 Å². The van der Waals surface area contributed by atoms with Gasteiger partial charge in [-0.2, -0.15) is 5.10 Å². The number of nitrogens with one attached hydrogen (secondary N) is 1. The first-order valence-electron chi connectivity index (χ1n) is 4.48. The molecule has 2 nitrogen and oxygen atoms in total. The van der Waals surface area contributed by atoms with Crippen molar-refractivity contribution in [1.82, 2.24) is 10.2 Å². The second-order valence-corrected chi connectivity index (χ2v) is 3.52. The van der Waals surface area contributed by atoms with Crippen LogP contribution in [-0.2, 0) is 0 Å². The van der Waals surface area contributed by atoms with Gasteiger partial charge in [0.2, 0.25) is 0 Å². The molecule has 0 aromatic carbocycles. The molecule has 13 heavy (non-hydrogen) atoms. The van der Waals surface area contributed by atoms with Crippen molar-refractivity contribution in [2.45, 2.75) is 13.3 Å². The number of fused-ring (bicyclic) bond motifs is 2. The number of rotatable bonds is 0. The summed E-state index contributed by atoms with van der Waals surface area (Å²) in [7, 11) is 0. The summed E-state index contributed by atoms with van der Waals surface area (Å²) in [5, 5.41) is 9.48. The molecule has 0 unspecified atom stereocenters. The van der Waals surface area contributed by atoms with Gasteiger partial charge in [-0.3, -0.25) is 5.10 Å². The molecular weight excluding hydrogens is 160 g/mol. The van der Waals surface area contributed by atoms with E-state index in [1.165, 1.54) is 21.9 Å². The summed E-state index contributed by atoms with van der Waals surface area (Å²) in [5.74, 6) is 0. The molecule has 3 rings (SSSR count). The first-order valence-corrected chi connectivity index (χ1v) is 4.48. The second kappa shape index (κ2) is 2.22. The van der Waals surface area contributed by atoms with Gasteiger partial charge in [-0.1, -0.05) is 12.2 Å². The van der Waals surface area contributed by atoms with Gasteiger partial charge in [0.15, 0.2) is 0 Å². The lowest BCUT2D eigenvalue weighted by molar-refractivity contribution is 1.06. The van der Waals surface area contributed by atoms with Crippen molar-refractivity contribution in [2.75, 3.05) is 0 Å². The maximum Gasteiger partial charge on any atom is 0.0659 e. The fourth-order valence-electron chi connectivity index (χ4n) is 2.04. The number of aromatic amines is 1. The van der Waals surface area contributed by atoms with Gasteiger partial charge in [-0.25, -0.2) is 0 Å². The molecule has 2 aliphatic rings. The third-order valence-electron chi connectivity index (χ3n) is 2.72. The SMILES string of the molecule is CC1=C2C=c3[nH]ncc3=C2CC=C1. The van der Waals surface area contributed by atoms with Crippen molar-refractivity contribution in [3.63, 3.8) is 0 Å². The van der Waals surface area contributed by atoms with Gasteiger partial charge < -0.3 is 0 Å². The van der Waals surface area contributed by atoms with E-state index in [0.29, 0.717) is 0 Å². The topological polar surface area (TPSA) is 28.7 Å². The highest BCUT2D eigenvalue weighted by Crippen LogP contribution is 2.26. The molecule has 0 fully saturated rings. The van der Waals surface area contributed by atoms with Crippen LogP contribution in [0.3, 0.4) is 0 Å². The average Bonchev–Trinajstić information content (AvgIpc) is 2.65.